The Hall–Kier alpha value is -4.45. The minimum absolute atomic E-state index is 0. The van der Waals surface area contributed by atoms with Crippen LogP contribution in [0.4, 0.5) is 4.79 Å². The summed E-state index contributed by atoms with van der Waals surface area (Å²) in [4.78, 5) is 69.2. The van der Waals surface area contributed by atoms with Crippen LogP contribution in [0.1, 0.15) is 84.0 Å². The predicted octanol–water partition coefficient (Wildman–Crippen LogP) is 8.17. The summed E-state index contributed by atoms with van der Waals surface area (Å²) in [5, 5.41) is 3.63. The van der Waals surface area contributed by atoms with E-state index >= 15 is 0 Å². The minimum atomic E-state index is -0.695. The Kier molecular flexibility index (Phi) is 16.0. The number of likely N-dealkylation sites (tertiary alicyclic amines) is 2. The van der Waals surface area contributed by atoms with Crippen LogP contribution < -0.4 is 5.32 Å². The number of rotatable bonds is 9. The molecule has 2 saturated heterocycles. The summed E-state index contributed by atoms with van der Waals surface area (Å²) in [6.45, 7) is 11.4. The number of benzene rings is 3. The van der Waals surface area contributed by atoms with Crippen molar-refractivity contribution in [1.29, 1.82) is 0 Å². The summed E-state index contributed by atoms with van der Waals surface area (Å²) >= 11 is 0. The van der Waals surface area contributed by atoms with Crippen LogP contribution in [0.5, 0.6) is 0 Å². The molecule has 0 spiro atoms. The van der Waals surface area contributed by atoms with Crippen LogP contribution >= 0.6 is 54.0 Å². The zero-order chi connectivity index (χ0) is 39.2. The molecule has 2 fully saturated rings. The second-order valence-electron chi connectivity index (χ2n) is 15.9. The molecule has 3 aromatic heterocycles. The number of nitrogens with zero attached hydrogens (tertiary/aromatic N) is 6. The SMILES string of the molecule is COC(=O)N[C@H](C(=O)N1CCC[C@H]1c1nc2ccc(-c3ncc4cc(-c5ccc6nc([C@@H]7CCCN7C(=O)[C@@H](C)C(C)C)[nH]c6c5)ccc4n3)cc2[nH]1)C(C)C.S.S.S.S. The lowest BCUT2D eigenvalue weighted by Gasteiger charge is -2.29. The fraction of sp³-hybridized carbons (Fsp3) is 0.419. The van der Waals surface area contributed by atoms with Crippen LogP contribution in [0.15, 0.2) is 60.8 Å². The van der Waals surface area contributed by atoms with Crippen molar-refractivity contribution in [1.82, 2.24) is 45.0 Å². The van der Waals surface area contributed by atoms with Crippen molar-refractivity contribution in [2.24, 2.45) is 17.8 Å². The lowest BCUT2D eigenvalue weighted by Crippen LogP contribution is -2.51. The second kappa shape index (κ2) is 19.9. The standard InChI is InChI=1S/C43H49N9O4.4H2S/c1-23(2)25(5)41(53)51-17-7-9-35(51)39-46-31-15-12-27(20-33(31)48-39)26-11-14-30-29(19-26)22-44-38(45-30)28-13-16-32-34(21-28)49-40(47-32)36-10-8-18-52(36)42(54)37(24(3)4)50-43(55)56-6;;;;/h11-16,19-25,35-37H,7-10,17-18H2,1-6H3,(H,46,48)(H,47,49)(H,50,55);4*1H2/t25-,35-,36-,37-;;;;/m0..../s1. The number of methoxy groups -OCH3 is 1. The van der Waals surface area contributed by atoms with Gasteiger partial charge in [-0.1, -0.05) is 46.8 Å². The average molecular weight is 892 g/mol. The molecule has 0 bridgehead atoms. The molecular weight excluding hydrogens is 835 g/mol. The molecule has 2 aliphatic rings. The topological polar surface area (TPSA) is 162 Å². The van der Waals surface area contributed by atoms with Gasteiger partial charge in [-0.3, -0.25) is 9.59 Å². The fourth-order valence-electron chi connectivity index (χ4n) is 8.10. The third-order valence-electron chi connectivity index (χ3n) is 11.7. The number of H-pyrrole nitrogens is 2. The smallest absolute Gasteiger partial charge is 0.407 e. The number of fused-ring (bicyclic) bond motifs is 3. The molecule has 3 N–H and O–H groups in total. The fourth-order valence-corrected chi connectivity index (χ4v) is 8.10. The highest BCUT2D eigenvalue weighted by molar-refractivity contribution is 7.59. The molecule has 3 amide bonds. The van der Waals surface area contributed by atoms with Crippen LogP contribution in [-0.4, -0.2) is 83.9 Å². The second-order valence-corrected chi connectivity index (χ2v) is 15.9. The highest BCUT2D eigenvalue weighted by atomic mass is 32.1. The zero-order valence-corrected chi connectivity index (χ0v) is 38.8. The first-order valence-corrected chi connectivity index (χ1v) is 19.7. The number of hydrogen-bond acceptors (Lipinski definition) is 8. The van der Waals surface area contributed by atoms with Crippen LogP contribution in [0.2, 0.25) is 0 Å². The van der Waals surface area contributed by atoms with Crippen LogP contribution in [0.25, 0.3) is 55.5 Å². The minimum Gasteiger partial charge on any atom is -0.453 e. The van der Waals surface area contributed by atoms with Crippen molar-refractivity contribution in [2.45, 2.75) is 78.4 Å². The number of amides is 3. The largest absolute Gasteiger partial charge is 0.453 e. The lowest BCUT2D eigenvalue weighted by molar-refractivity contribution is -0.137. The first-order valence-electron chi connectivity index (χ1n) is 19.7. The van der Waals surface area contributed by atoms with E-state index in [2.05, 4.69) is 53.4 Å². The van der Waals surface area contributed by atoms with Gasteiger partial charge in [-0.25, -0.2) is 24.7 Å². The molecule has 5 heterocycles. The molecule has 8 rings (SSSR count). The lowest BCUT2D eigenvalue weighted by atomic mass is 9.96. The Morgan fingerprint density at radius 3 is 1.75 bits per heavy atom. The molecule has 3 aromatic carbocycles. The summed E-state index contributed by atoms with van der Waals surface area (Å²) in [6.07, 6.45) is 4.73. The summed E-state index contributed by atoms with van der Waals surface area (Å²) < 4.78 is 4.77. The van der Waals surface area contributed by atoms with Gasteiger partial charge >= 0.3 is 6.09 Å². The number of imidazole rings is 2. The number of carbonyl (C=O) groups is 3. The van der Waals surface area contributed by atoms with E-state index < -0.39 is 12.1 Å². The number of hydrogen-bond donors (Lipinski definition) is 3. The molecule has 4 atom stereocenters. The Morgan fingerprint density at radius 1 is 0.683 bits per heavy atom. The number of ether oxygens (including phenoxy) is 1. The maximum atomic E-state index is 13.6. The van der Waals surface area contributed by atoms with Crippen molar-refractivity contribution >= 4 is 105 Å². The van der Waals surface area contributed by atoms with Crippen LogP contribution in [0, 0.1) is 17.8 Å². The number of aromatic nitrogens is 6. The van der Waals surface area contributed by atoms with Crippen molar-refractivity contribution in [3.05, 3.63) is 72.4 Å². The van der Waals surface area contributed by atoms with E-state index in [0.29, 0.717) is 24.1 Å². The van der Waals surface area contributed by atoms with E-state index in [-0.39, 0.29) is 89.7 Å². The quantitative estimate of drug-likeness (QED) is 0.131. The highest BCUT2D eigenvalue weighted by Crippen LogP contribution is 2.36. The van der Waals surface area contributed by atoms with E-state index in [1.807, 2.05) is 67.1 Å². The Bertz CT molecular complexity index is 2470. The number of aromatic amines is 2. The van der Waals surface area contributed by atoms with E-state index in [1.165, 1.54) is 7.11 Å². The van der Waals surface area contributed by atoms with Crippen molar-refractivity contribution in [3.63, 3.8) is 0 Å². The van der Waals surface area contributed by atoms with Gasteiger partial charge in [0.15, 0.2) is 5.82 Å². The van der Waals surface area contributed by atoms with Gasteiger partial charge in [-0.05, 0) is 91.1 Å². The molecule has 2 aliphatic heterocycles. The van der Waals surface area contributed by atoms with Crippen molar-refractivity contribution in [3.8, 4) is 22.5 Å². The van der Waals surface area contributed by atoms with Gasteiger partial charge in [0.2, 0.25) is 11.8 Å². The summed E-state index contributed by atoms with van der Waals surface area (Å²) in [5.41, 5.74) is 7.22. The number of nitrogens with one attached hydrogen (secondary N) is 3. The third kappa shape index (κ3) is 9.38. The summed E-state index contributed by atoms with van der Waals surface area (Å²) in [5.74, 6) is 2.38. The molecule has 13 nitrogen and oxygen atoms in total. The monoisotopic (exact) mass is 891 g/mol. The summed E-state index contributed by atoms with van der Waals surface area (Å²) in [6, 6.07) is 17.4. The molecular formula is C43H57N9O4S4. The van der Waals surface area contributed by atoms with Crippen LogP contribution in [0.3, 0.4) is 0 Å². The van der Waals surface area contributed by atoms with Crippen LogP contribution in [-0.2, 0) is 14.3 Å². The molecule has 17 heteroatoms. The molecule has 322 valence electrons. The third-order valence-corrected chi connectivity index (χ3v) is 11.7. The highest BCUT2D eigenvalue weighted by Gasteiger charge is 2.38. The zero-order valence-electron chi connectivity index (χ0n) is 34.8. The molecule has 0 saturated carbocycles. The number of alkyl carbamates (subject to hydrolysis) is 1. The first kappa shape index (κ1) is 48.2. The Labute approximate surface area is 378 Å². The van der Waals surface area contributed by atoms with Gasteiger partial charge < -0.3 is 29.8 Å². The van der Waals surface area contributed by atoms with Gasteiger partial charge in [0, 0.05) is 36.2 Å². The Morgan fingerprint density at radius 2 is 1.20 bits per heavy atom. The average Bonchev–Trinajstić information content (AvgIpc) is 4.03. The van der Waals surface area contributed by atoms with E-state index in [4.69, 9.17) is 24.7 Å². The molecule has 6 aromatic rings. The first-order chi connectivity index (χ1) is 27.0. The molecule has 0 radical (unpaired) electrons. The van der Waals surface area contributed by atoms with Gasteiger partial charge in [0.25, 0.3) is 0 Å². The van der Waals surface area contributed by atoms with Crippen molar-refractivity contribution in [2.75, 3.05) is 20.2 Å². The predicted molar refractivity (Wildman–Crippen MR) is 257 cm³/mol. The number of carbonyl (C=O) groups excluding carboxylic acids is 3. The van der Waals surface area contributed by atoms with E-state index in [1.54, 1.807) is 0 Å². The van der Waals surface area contributed by atoms with Gasteiger partial charge in [0.05, 0.1) is 46.8 Å². The van der Waals surface area contributed by atoms with Crippen molar-refractivity contribution < 1.29 is 19.1 Å². The van der Waals surface area contributed by atoms with Gasteiger partial charge in [-0.2, -0.15) is 54.0 Å². The maximum absolute atomic E-state index is 13.6. The normalized spacial score (nSPS) is 17.2. The van der Waals surface area contributed by atoms with Gasteiger partial charge in [0.1, 0.15) is 17.7 Å². The Balaban J connectivity index is 0.00000198. The molecule has 60 heavy (non-hydrogen) atoms. The maximum Gasteiger partial charge on any atom is 0.407 e. The molecule has 0 aliphatic carbocycles. The molecule has 0 unspecified atom stereocenters. The van der Waals surface area contributed by atoms with E-state index in [0.717, 1.165) is 87.7 Å². The van der Waals surface area contributed by atoms with Gasteiger partial charge in [-0.15, -0.1) is 0 Å². The van der Waals surface area contributed by atoms with E-state index in [9.17, 15) is 14.4 Å². The summed E-state index contributed by atoms with van der Waals surface area (Å²) in [7, 11) is 1.29.